The maximum Gasteiger partial charge on any atom is 0.271 e. The van der Waals surface area contributed by atoms with Crippen LogP contribution in [0, 0.1) is 9.49 Å². The summed E-state index contributed by atoms with van der Waals surface area (Å²) in [5, 5.41) is 6.25. The van der Waals surface area contributed by atoms with Gasteiger partial charge in [-0.2, -0.15) is 5.10 Å². The summed E-state index contributed by atoms with van der Waals surface area (Å²) in [7, 11) is 1.51. The van der Waals surface area contributed by atoms with E-state index in [2.05, 4.69) is 38.4 Å². The second-order valence-corrected chi connectivity index (χ2v) is 7.40. The van der Waals surface area contributed by atoms with Gasteiger partial charge in [0.25, 0.3) is 11.8 Å². The van der Waals surface area contributed by atoms with Crippen LogP contribution in [-0.4, -0.2) is 36.2 Å². The number of nitrogens with zero attached hydrogens (tertiary/aromatic N) is 2. The van der Waals surface area contributed by atoms with E-state index < -0.39 is 23.6 Å². The Morgan fingerprint density at radius 3 is 2.69 bits per heavy atom. The third-order valence-electron chi connectivity index (χ3n) is 4.02. The third kappa shape index (κ3) is 4.59. The maximum absolute atomic E-state index is 12.8. The normalized spacial score (nSPS) is 16.7. The van der Waals surface area contributed by atoms with E-state index in [1.165, 1.54) is 12.0 Å². The van der Waals surface area contributed by atoms with Gasteiger partial charge < -0.3 is 10.1 Å². The van der Waals surface area contributed by atoms with Crippen molar-refractivity contribution in [3.8, 4) is 5.75 Å². The molecule has 1 aliphatic heterocycles. The van der Waals surface area contributed by atoms with E-state index in [0.717, 1.165) is 9.78 Å². The molecule has 0 bridgehead atoms. The highest BCUT2D eigenvalue weighted by atomic mass is 127. The number of halogens is 1. The smallest absolute Gasteiger partial charge is 0.271 e. The number of rotatable bonds is 5. The molecule has 1 fully saturated rings. The lowest BCUT2D eigenvalue weighted by atomic mass is 10.1. The largest absolute Gasteiger partial charge is 0.496 e. The number of carbonyl (C=O) groups excluding carboxylic acids is 3. The summed E-state index contributed by atoms with van der Waals surface area (Å²) >= 11 is 7.20. The Balaban J connectivity index is 1.73. The molecule has 0 spiro atoms. The predicted octanol–water partition coefficient (Wildman–Crippen LogP) is 2.08. The highest BCUT2D eigenvalue weighted by Gasteiger charge is 2.38. The number of benzene rings is 2. The fraction of sp³-hybridized carbons (Fsp3) is 0.105. The first kappa shape index (κ1) is 20.9. The fourth-order valence-electron chi connectivity index (χ4n) is 2.58. The number of anilines is 1. The van der Waals surface area contributed by atoms with Crippen LogP contribution in [0.2, 0.25) is 0 Å². The topological polar surface area (TPSA) is 100 Å². The number of methoxy groups -OCH3 is 1. The van der Waals surface area contributed by atoms with E-state index in [1.807, 2.05) is 0 Å². The lowest BCUT2D eigenvalue weighted by Gasteiger charge is -2.30. The Labute approximate surface area is 185 Å². The Morgan fingerprint density at radius 1 is 1.28 bits per heavy atom. The van der Waals surface area contributed by atoms with E-state index in [-0.39, 0.29) is 5.11 Å². The number of thiocarbonyl (C=S) groups is 1. The molecule has 0 radical (unpaired) electrons. The van der Waals surface area contributed by atoms with Crippen molar-refractivity contribution >= 4 is 69.5 Å². The fourth-order valence-corrected chi connectivity index (χ4v) is 3.43. The molecule has 2 aromatic rings. The van der Waals surface area contributed by atoms with E-state index in [9.17, 15) is 14.4 Å². The number of hydrazone groups is 1. The van der Waals surface area contributed by atoms with Crippen LogP contribution in [0.4, 0.5) is 5.69 Å². The number of nitrogens with one attached hydrogen (secondary N) is 2. The Kier molecular flexibility index (Phi) is 6.54. The highest BCUT2D eigenvalue weighted by molar-refractivity contribution is 14.1. The molecule has 0 aliphatic carbocycles. The molecule has 1 heterocycles. The second kappa shape index (κ2) is 9.09. The summed E-state index contributed by atoms with van der Waals surface area (Å²) in [6.45, 7) is 0. The predicted molar refractivity (Wildman–Crippen MR) is 120 cm³/mol. The molecule has 1 saturated heterocycles. The van der Waals surface area contributed by atoms with Crippen LogP contribution in [0.1, 0.15) is 10.4 Å². The minimum atomic E-state index is -1.23. The molecule has 148 valence electrons. The van der Waals surface area contributed by atoms with Gasteiger partial charge in [0.1, 0.15) is 5.75 Å². The van der Waals surface area contributed by atoms with Crippen molar-refractivity contribution in [2.45, 2.75) is 0 Å². The molecule has 0 aromatic heterocycles. The first-order valence-corrected chi connectivity index (χ1v) is 9.82. The Hall–Kier alpha value is -2.86. The Bertz CT molecular complexity index is 1010. The van der Waals surface area contributed by atoms with Gasteiger partial charge in [0.05, 0.1) is 16.4 Å². The van der Waals surface area contributed by atoms with Crippen molar-refractivity contribution in [1.82, 2.24) is 10.7 Å². The molecule has 0 unspecified atom stereocenters. The van der Waals surface area contributed by atoms with Gasteiger partial charge in [0, 0.05) is 11.8 Å². The summed E-state index contributed by atoms with van der Waals surface area (Å²) in [5.41, 5.74) is 3.16. The SMILES string of the molecule is COc1cc(C(=O)N/N=C\[C@H]2C(=O)NC(=S)N(c3ccccc3)C2=O)ccc1I. The average Bonchev–Trinajstić information content (AvgIpc) is 2.71. The van der Waals surface area contributed by atoms with Gasteiger partial charge in [-0.3, -0.25) is 19.3 Å². The van der Waals surface area contributed by atoms with Gasteiger partial charge in [-0.1, -0.05) is 18.2 Å². The molecule has 0 saturated carbocycles. The quantitative estimate of drug-likeness (QED) is 0.206. The number of hydrogen-bond donors (Lipinski definition) is 2. The molecule has 2 aromatic carbocycles. The van der Waals surface area contributed by atoms with Crippen LogP contribution in [0.25, 0.3) is 0 Å². The molecule has 29 heavy (non-hydrogen) atoms. The van der Waals surface area contributed by atoms with E-state index >= 15 is 0 Å². The summed E-state index contributed by atoms with van der Waals surface area (Å²) in [6.07, 6.45) is 1.08. The summed E-state index contributed by atoms with van der Waals surface area (Å²) in [5.74, 6) is -2.35. The first-order chi connectivity index (χ1) is 13.9. The summed E-state index contributed by atoms with van der Waals surface area (Å²) < 4.78 is 6.04. The number of ether oxygens (including phenoxy) is 1. The molecule has 3 amide bonds. The third-order valence-corrected chi connectivity index (χ3v) is 5.20. The number of amides is 3. The van der Waals surface area contributed by atoms with E-state index in [4.69, 9.17) is 17.0 Å². The maximum atomic E-state index is 12.8. The minimum absolute atomic E-state index is 0.00845. The zero-order chi connectivity index (χ0) is 21.0. The van der Waals surface area contributed by atoms with Crippen molar-refractivity contribution in [3.63, 3.8) is 0 Å². The average molecular weight is 522 g/mol. The van der Waals surface area contributed by atoms with Gasteiger partial charge in [0.2, 0.25) is 5.91 Å². The number of para-hydroxylation sites is 1. The monoisotopic (exact) mass is 522 g/mol. The molecule has 8 nitrogen and oxygen atoms in total. The van der Waals surface area contributed by atoms with Crippen molar-refractivity contribution in [3.05, 3.63) is 57.7 Å². The van der Waals surface area contributed by atoms with Crippen LogP contribution < -0.4 is 20.4 Å². The van der Waals surface area contributed by atoms with E-state index in [0.29, 0.717) is 17.0 Å². The zero-order valence-electron chi connectivity index (χ0n) is 15.1. The van der Waals surface area contributed by atoms with Crippen molar-refractivity contribution in [2.75, 3.05) is 12.0 Å². The van der Waals surface area contributed by atoms with Crippen LogP contribution in [0.15, 0.2) is 53.6 Å². The zero-order valence-corrected chi connectivity index (χ0v) is 18.1. The number of hydrogen-bond acceptors (Lipinski definition) is 6. The van der Waals surface area contributed by atoms with Gasteiger partial charge in [-0.25, -0.2) is 5.43 Å². The minimum Gasteiger partial charge on any atom is -0.496 e. The van der Waals surface area contributed by atoms with Crippen LogP contribution in [0.3, 0.4) is 0 Å². The molecule has 10 heteroatoms. The lowest BCUT2D eigenvalue weighted by molar-refractivity contribution is -0.130. The molecule has 3 rings (SSSR count). The van der Waals surface area contributed by atoms with Crippen LogP contribution in [-0.2, 0) is 9.59 Å². The molecule has 1 atom stereocenters. The molecular formula is C19H15IN4O4S. The first-order valence-electron chi connectivity index (χ1n) is 8.33. The highest BCUT2D eigenvalue weighted by Crippen LogP contribution is 2.22. The van der Waals surface area contributed by atoms with Gasteiger partial charge in [-0.05, 0) is 65.1 Å². The van der Waals surface area contributed by atoms with Gasteiger partial charge in [0.15, 0.2) is 11.0 Å². The summed E-state index contributed by atoms with van der Waals surface area (Å²) in [4.78, 5) is 38.4. The Morgan fingerprint density at radius 2 is 2.00 bits per heavy atom. The molecule has 1 aliphatic rings. The van der Waals surface area contributed by atoms with Crippen LogP contribution in [0.5, 0.6) is 5.75 Å². The second-order valence-electron chi connectivity index (χ2n) is 5.85. The van der Waals surface area contributed by atoms with Crippen molar-refractivity contribution < 1.29 is 19.1 Å². The lowest BCUT2D eigenvalue weighted by Crippen LogP contribution is -2.58. The standard InChI is InChI=1S/C19H15IN4O4S/c1-28-15-9-11(7-8-14(15)20)16(25)23-21-10-13-17(26)22-19(29)24(18(13)27)12-5-3-2-4-6-12/h2-10,13H,1H3,(H,23,25)(H,22,26,29)/b21-10-/t13-/m0/s1. The van der Waals surface area contributed by atoms with Crippen LogP contribution >= 0.6 is 34.8 Å². The van der Waals surface area contributed by atoms with Gasteiger partial charge in [-0.15, -0.1) is 0 Å². The number of carbonyl (C=O) groups is 3. The van der Waals surface area contributed by atoms with Crippen molar-refractivity contribution in [1.29, 1.82) is 0 Å². The van der Waals surface area contributed by atoms with Gasteiger partial charge >= 0.3 is 0 Å². The molecular weight excluding hydrogens is 507 g/mol. The summed E-state index contributed by atoms with van der Waals surface area (Å²) in [6, 6.07) is 13.6. The van der Waals surface area contributed by atoms with E-state index in [1.54, 1.807) is 48.5 Å². The molecule has 2 N–H and O–H groups in total. The van der Waals surface area contributed by atoms with Crippen molar-refractivity contribution in [2.24, 2.45) is 11.0 Å².